The van der Waals surface area contributed by atoms with E-state index in [1.54, 1.807) is 0 Å². The van der Waals surface area contributed by atoms with Crippen LogP contribution in [0.25, 0.3) is 0 Å². The number of carbonyl (C=O) groups is 1. The summed E-state index contributed by atoms with van der Waals surface area (Å²) < 4.78 is 0. The molecule has 2 aliphatic carbocycles. The minimum Gasteiger partial charge on any atom is -0.273 e. The molecule has 106 valence electrons. The van der Waals surface area contributed by atoms with Crippen LogP contribution in [0.2, 0.25) is 0 Å². The first-order valence-electron chi connectivity index (χ1n) is 7.80. The van der Waals surface area contributed by atoms with Crippen molar-refractivity contribution >= 4 is 12.1 Å². The molecule has 1 saturated carbocycles. The van der Waals surface area contributed by atoms with E-state index in [0.29, 0.717) is 18.3 Å². The topological polar surface area (TPSA) is 41.5 Å². The quantitative estimate of drug-likeness (QED) is 0.308. The Balaban J connectivity index is 1.55. The van der Waals surface area contributed by atoms with E-state index >= 15 is 0 Å². The molecule has 0 aliphatic heterocycles. The van der Waals surface area contributed by atoms with Gasteiger partial charge in [0.15, 0.2) is 0 Å². The lowest BCUT2D eigenvalue weighted by atomic mass is 9.95. The van der Waals surface area contributed by atoms with Crippen LogP contribution in [-0.4, -0.2) is 12.1 Å². The van der Waals surface area contributed by atoms with E-state index in [9.17, 15) is 4.79 Å². The Bertz CT molecular complexity index is 349. The normalized spacial score (nSPS) is 28.4. The van der Waals surface area contributed by atoms with Gasteiger partial charge in [-0.2, -0.15) is 5.10 Å². The summed E-state index contributed by atoms with van der Waals surface area (Å²) >= 11 is 0. The number of allylic oxidation sites excluding steroid dienone is 2. The number of nitrogens with one attached hydrogen (secondary N) is 1. The summed E-state index contributed by atoms with van der Waals surface area (Å²) in [5, 5.41) is 4.13. The van der Waals surface area contributed by atoms with Crippen LogP contribution in [0.4, 0.5) is 0 Å². The van der Waals surface area contributed by atoms with Gasteiger partial charge in [0.25, 0.3) is 0 Å². The molecule has 1 fully saturated rings. The largest absolute Gasteiger partial charge is 0.273 e. The van der Waals surface area contributed by atoms with Crippen LogP contribution in [0.3, 0.4) is 0 Å². The van der Waals surface area contributed by atoms with Crippen LogP contribution in [-0.2, 0) is 4.79 Å². The number of rotatable bonds is 8. The standard InChI is InChI=1S/C16H26N2O/c1-2-3-4-5-6-7-16(19)18-17-12-15-11-13-8-9-14(15)10-13/h8-9,12-15H,2-7,10-11H2,1H3,(H,18,19)/b17-12-/t13-,14-,15+/m0/s1. The molecule has 1 amide bonds. The summed E-state index contributed by atoms with van der Waals surface area (Å²) in [6.45, 7) is 2.20. The van der Waals surface area contributed by atoms with Crippen molar-refractivity contribution in [1.29, 1.82) is 0 Å². The van der Waals surface area contributed by atoms with Gasteiger partial charge in [-0.3, -0.25) is 4.79 Å². The van der Waals surface area contributed by atoms with E-state index in [4.69, 9.17) is 0 Å². The predicted molar refractivity (Wildman–Crippen MR) is 78.9 cm³/mol. The van der Waals surface area contributed by atoms with Crippen molar-refractivity contribution in [2.75, 3.05) is 0 Å². The van der Waals surface area contributed by atoms with Gasteiger partial charge >= 0.3 is 0 Å². The average Bonchev–Trinajstić information content (AvgIpc) is 3.01. The van der Waals surface area contributed by atoms with Crippen LogP contribution < -0.4 is 5.43 Å². The molecular formula is C16H26N2O. The lowest BCUT2D eigenvalue weighted by molar-refractivity contribution is -0.121. The number of hydrogen-bond acceptors (Lipinski definition) is 2. The molecule has 0 aromatic heterocycles. The van der Waals surface area contributed by atoms with Crippen molar-refractivity contribution in [3.8, 4) is 0 Å². The zero-order valence-electron chi connectivity index (χ0n) is 12.0. The maximum absolute atomic E-state index is 11.6. The predicted octanol–water partition coefficient (Wildman–Crippen LogP) is 3.66. The van der Waals surface area contributed by atoms with Crippen molar-refractivity contribution in [3.05, 3.63) is 12.2 Å². The Morgan fingerprint density at radius 3 is 2.79 bits per heavy atom. The molecule has 19 heavy (non-hydrogen) atoms. The zero-order valence-corrected chi connectivity index (χ0v) is 12.0. The second-order valence-electron chi connectivity index (χ2n) is 5.92. The molecule has 0 saturated heterocycles. The van der Waals surface area contributed by atoms with E-state index < -0.39 is 0 Å². The Hall–Kier alpha value is -1.12. The fraction of sp³-hybridized carbons (Fsp3) is 0.750. The number of carbonyl (C=O) groups excluding carboxylic acids is 1. The van der Waals surface area contributed by atoms with Crippen molar-refractivity contribution in [3.63, 3.8) is 0 Å². The monoisotopic (exact) mass is 262 g/mol. The highest BCUT2D eigenvalue weighted by atomic mass is 16.2. The molecule has 2 rings (SSSR count). The smallest absolute Gasteiger partial charge is 0.240 e. The number of unbranched alkanes of at least 4 members (excludes halogenated alkanes) is 4. The molecule has 2 aliphatic rings. The number of hydrogen-bond donors (Lipinski definition) is 1. The number of nitrogens with zero attached hydrogens (tertiary/aromatic N) is 1. The lowest BCUT2D eigenvalue weighted by Gasteiger charge is -2.11. The van der Waals surface area contributed by atoms with E-state index in [1.165, 1.54) is 32.1 Å². The molecule has 0 radical (unpaired) electrons. The van der Waals surface area contributed by atoms with Crippen LogP contribution in [0.5, 0.6) is 0 Å². The first kappa shape index (κ1) is 14.3. The summed E-state index contributed by atoms with van der Waals surface area (Å²) in [4.78, 5) is 11.6. The van der Waals surface area contributed by atoms with Gasteiger partial charge in [0.05, 0.1) is 0 Å². The van der Waals surface area contributed by atoms with Crippen LogP contribution in [0, 0.1) is 17.8 Å². The number of amides is 1. The first-order valence-corrected chi connectivity index (χ1v) is 7.80. The molecular weight excluding hydrogens is 236 g/mol. The Labute approximate surface area is 116 Å². The molecule has 2 bridgehead atoms. The van der Waals surface area contributed by atoms with Crippen molar-refractivity contribution in [1.82, 2.24) is 5.43 Å². The SMILES string of the molecule is CCCCCCCC(=O)N/N=C\[C@H]1C[C@H]2C=C[C@H]1C2. The van der Waals surface area contributed by atoms with Crippen LogP contribution >= 0.6 is 0 Å². The summed E-state index contributed by atoms with van der Waals surface area (Å²) in [6.07, 6.45) is 15.6. The third-order valence-corrected chi connectivity index (χ3v) is 4.29. The second kappa shape index (κ2) is 7.46. The van der Waals surface area contributed by atoms with Gasteiger partial charge in [-0.15, -0.1) is 0 Å². The highest BCUT2D eigenvalue weighted by Gasteiger charge is 2.34. The molecule has 3 heteroatoms. The van der Waals surface area contributed by atoms with Crippen LogP contribution in [0.15, 0.2) is 17.3 Å². The van der Waals surface area contributed by atoms with Crippen molar-refractivity contribution < 1.29 is 4.79 Å². The minimum atomic E-state index is 0.0615. The molecule has 0 aromatic rings. The van der Waals surface area contributed by atoms with E-state index in [-0.39, 0.29) is 5.91 Å². The van der Waals surface area contributed by atoms with Crippen LogP contribution in [0.1, 0.15) is 58.3 Å². The molecule has 0 spiro atoms. The van der Waals surface area contributed by atoms with E-state index in [0.717, 1.165) is 18.8 Å². The van der Waals surface area contributed by atoms with E-state index in [2.05, 4.69) is 29.6 Å². The summed E-state index contributed by atoms with van der Waals surface area (Å²) in [5.74, 6) is 2.03. The first-order chi connectivity index (χ1) is 9.29. The summed E-state index contributed by atoms with van der Waals surface area (Å²) in [5.41, 5.74) is 2.67. The molecule has 3 atom stereocenters. The lowest BCUT2D eigenvalue weighted by Crippen LogP contribution is -2.19. The maximum atomic E-state index is 11.6. The van der Waals surface area contributed by atoms with Crippen molar-refractivity contribution in [2.45, 2.75) is 58.3 Å². The molecule has 3 nitrogen and oxygen atoms in total. The Morgan fingerprint density at radius 1 is 1.26 bits per heavy atom. The Morgan fingerprint density at radius 2 is 2.11 bits per heavy atom. The highest BCUT2D eigenvalue weighted by molar-refractivity contribution is 5.77. The van der Waals surface area contributed by atoms with Crippen molar-refractivity contribution in [2.24, 2.45) is 22.9 Å². The van der Waals surface area contributed by atoms with Gasteiger partial charge in [-0.05, 0) is 31.1 Å². The third-order valence-electron chi connectivity index (χ3n) is 4.29. The minimum absolute atomic E-state index is 0.0615. The molecule has 0 heterocycles. The third kappa shape index (κ3) is 4.48. The van der Waals surface area contributed by atoms with Gasteiger partial charge in [0.1, 0.15) is 0 Å². The maximum Gasteiger partial charge on any atom is 0.240 e. The van der Waals surface area contributed by atoms with Gasteiger partial charge in [0, 0.05) is 18.6 Å². The molecule has 0 unspecified atom stereocenters. The molecule has 0 aromatic carbocycles. The fourth-order valence-electron chi connectivity index (χ4n) is 3.14. The molecule has 1 N–H and O–H groups in total. The number of fused-ring (bicyclic) bond motifs is 2. The fourth-order valence-corrected chi connectivity index (χ4v) is 3.14. The van der Waals surface area contributed by atoms with Gasteiger partial charge in [-0.1, -0.05) is 44.8 Å². The number of hydrazone groups is 1. The van der Waals surface area contributed by atoms with E-state index in [1.807, 2.05) is 6.21 Å². The van der Waals surface area contributed by atoms with Gasteiger partial charge < -0.3 is 0 Å². The Kier molecular flexibility index (Phi) is 5.62. The summed E-state index contributed by atoms with van der Waals surface area (Å²) in [6, 6.07) is 0. The van der Waals surface area contributed by atoms with Gasteiger partial charge in [0.2, 0.25) is 5.91 Å². The average molecular weight is 262 g/mol. The summed E-state index contributed by atoms with van der Waals surface area (Å²) in [7, 11) is 0. The van der Waals surface area contributed by atoms with Gasteiger partial charge in [-0.25, -0.2) is 5.43 Å². The zero-order chi connectivity index (χ0) is 13.5. The second-order valence-corrected chi connectivity index (χ2v) is 5.92. The highest BCUT2D eigenvalue weighted by Crippen LogP contribution is 2.42.